The third-order valence-corrected chi connectivity index (χ3v) is 2.16. The van der Waals surface area contributed by atoms with Crippen LogP contribution >= 0.6 is 12.4 Å². The number of hydrogen-bond acceptors (Lipinski definition) is 2. The van der Waals surface area contributed by atoms with Crippen LogP contribution in [-0.2, 0) is 0 Å². The summed E-state index contributed by atoms with van der Waals surface area (Å²) in [7, 11) is 0. The molecule has 0 spiro atoms. The highest BCUT2D eigenvalue weighted by atomic mass is 35.5. The van der Waals surface area contributed by atoms with E-state index in [4.69, 9.17) is 10.5 Å². The largest absolute Gasteiger partial charge is 0.490 e. The van der Waals surface area contributed by atoms with Crippen LogP contribution < -0.4 is 10.5 Å². The van der Waals surface area contributed by atoms with Crippen molar-refractivity contribution in [2.24, 2.45) is 5.73 Å². The molecular weight excluding hydrogens is 212 g/mol. The van der Waals surface area contributed by atoms with Crippen molar-refractivity contribution in [3.8, 4) is 5.75 Å². The molecule has 1 aliphatic rings. The van der Waals surface area contributed by atoms with Gasteiger partial charge in [0.1, 0.15) is 0 Å². The Morgan fingerprint density at radius 3 is 2.79 bits per heavy atom. The van der Waals surface area contributed by atoms with E-state index in [0.29, 0.717) is 18.6 Å². The van der Waals surface area contributed by atoms with Crippen molar-refractivity contribution >= 4 is 12.4 Å². The predicted molar refractivity (Wildman–Crippen MR) is 50.6 cm³/mol. The maximum Gasteiger partial charge on any atom is 0.200 e. The molecular formula is C9H10ClF2NO. The number of ether oxygens (including phenoxy) is 1. The summed E-state index contributed by atoms with van der Waals surface area (Å²) >= 11 is 0. The Kier molecular flexibility index (Phi) is 3.29. The van der Waals surface area contributed by atoms with Crippen molar-refractivity contribution in [1.82, 2.24) is 0 Å². The van der Waals surface area contributed by atoms with E-state index in [0.717, 1.165) is 6.07 Å². The van der Waals surface area contributed by atoms with Gasteiger partial charge in [0.25, 0.3) is 0 Å². The molecule has 0 fully saturated rings. The molecule has 1 atom stereocenters. The van der Waals surface area contributed by atoms with Crippen molar-refractivity contribution in [2.75, 3.05) is 6.61 Å². The minimum Gasteiger partial charge on any atom is -0.490 e. The summed E-state index contributed by atoms with van der Waals surface area (Å²) in [5.74, 6) is -1.86. The van der Waals surface area contributed by atoms with E-state index in [1.807, 2.05) is 0 Å². The molecule has 2 N–H and O–H groups in total. The molecule has 1 aromatic rings. The van der Waals surface area contributed by atoms with E-state index in [1.54, 1.807) is 0 Å². The fourth-order valence-corrected chi connectivity index (χ4v) is 1.43. The zero-order valence-corrected chi connectivity index (χ0v) is 8.11. The summed E-state index contributed by atoms with van der Waals surface area (Å²) in [5, 5.41) is 0. The average Bonchev–Trinajstić information content (AvgIpc) is 2.12. The zero-order chi connectivity index (χ0) is 9.42. The van der Waals surface area contributed by atoms with Crippen molar-refractivity contribution in [3.05, 3.63) is 29.3 Å². The average molecular weight is 222 g/mol. The van der Waals surface area contributed by atoms with Crippen molar-refractivity contribution in [1.29, 1.82) is 0 Å². The quantitative estimate of drug-likeness (QED) is 0.729. The van der Waals surface area contributed by atoms with Gasteiger partial charge in [0.15, 0.2) is 11.6 Å². The third kappa shape index (κ3) is 1.67. The molecule has 1 aliphatic heterocycles. The lowest BCUT2D eigenvalue weighted by molar-refractivity contribution is 0.251. The second-order valence-electron chi connectivity index (χ2n) is 3.02. The van der Waals surface area contributed by atoms with E-state index in [9.17, 15) is 8.78 Å². The Morgan fingerprint density at radius 1 is 1.36 bits per heavy atom. The van der Waals surface area contributed by atoms with E-state index in [1.165, 1.54) is 6.07 Å². The van der Waals surface area contributed by atoms with Gasteiger partial charge in [-0.1, -0.05) is 6.07 Å². The third-order valence-electron chi connectivity index (χ3n) is 2.16. The first-order chi connectivity index (χ1) is 6.20. The fraction of sp³-hybridized carbons (Fsp3) is 0.333. The van der Waals surface area contributed by atoms with Crippen molar-refractivity contribution in [2.45, 2.75) is 12.5 Å². The van der Waals surface area contributed by atoms with Gasteiger partial charge in [-0.2, -0.15) is 4.39 Å². The number of hydrogen-bond donors (Lipinski definition) is 1. The first-order valence-electron chi connectivity index (χ1n) is 4.06. The summed E-state index contributed by atoms with van der Waals surface area (Å²) in [6, 6.07) is 2.29. The van der Waals surface area contributed by atoms with Gasteiger partial charge in [-0.05, 0) is 6.07 Å². The zero-order valence-electron chi connectivity index (χ0n) is 7.30. The summed E-state index contributed by atoms with van der Waals surface area (Å²) in [4.78, 5) is 0. The Balaban J connectivity index is 0.000000980. The highest BCUT2D eigenvalue weighted by molar-refractivity contribution is 5.85. The summed E-state index contributed by atoms with van der Waals surface area (Å²) in [6.45, 7) is 0.342. The highest BCUT2D eigenvalue weighted by Crippen LogP contribution is 2.33. The molecule has 78 valence electrons. The van der Waals surface area contributed by atoms with Gasteiger partial charge >= 0.3 is 0 Å². The Bertz CT molecular complexity index is 346. The van der Waals surface area contributed by atoms with E-state index in [2.05, 4.69) is 0 Å². The number of benzene rings is 1. The monoisotopic (exact) mass is 221 g/mol. The maximum absolute atomic E-state index is 13.1. The van der Waals surface area contributed by atoms with Crippen LogP contribution in [-0.4, -0.2) is 6.61 Å². The lowest BCUT2D eigenvalue weighted by atomic mass is 10.0. The molecule has 0 radical (unpaired) electrons. The minimum absolute atomic E-state index is 0. The molecule has 0 saturated heterocycles. The molecule has 2 rings (SSSR count). The summed E-state index contributed by atoms with van der Waals surface area (Å²) < 4.78 is 30.8. The van der Waals surface area contributed by atoms with Crippen LogP contribution in [0.2, 0.25) is 0 Å². The number of halogens is 3. The van der Waals surface area contributed by atoms with Gasteiger partial charge < -0.3 is 10.5 Å². The van der Waals surface area contributed by atoms with E-state index >= 15 is 0 Å². The van der Waals surface area contributed by atoms with Crippen LogP contribution in [0.3, 0.4) is 0 Å². The smallest absolute Gasteiger partial charge is 0.200 e. The Hall–Kier alpha value is -0.870. The van der Waals surface area contributed by atoms with Crippen LogP contribution in [0, 0.1) is 11.6 Å². The van der Waals surface area contributed by atoms with Crippen LogP contribution in [0.25, 0.3) is 0 Å². The molecule has 0 saturated carbocycles. The van der Waals surface area contributed by atoms with E-state index < -0.39 is 11.6 Å². The number of fused-ring (bicyclic) bond motifs is 1. The van der Waals surface area contributed by atoms with Crippen molar-refractivity contribution < 1.29 is 13.5 Å². The second-order valence-corrected chi connectivity index (χ2v) is 3.02. The first-order valence-corrected chi connectivity index (χ1v) is 4.06. The molecule has 5 heteroatoms. The maximum atomic E-state index is 13.1. The van der Waals surface area contributed by atoms with Gasteiger partial charge in [0.05, 0.1) is 6.61 Å². The minimum atomic E-state index is -0.937. The normalized spacial score (nSPS) is 19.2. The molecule has 0 aromatic heterocycles. The van der Waals surface area contributed by atoms with Gasteiger partial charge in [-0.3, -0.25) is 0 Å². The lowest BCUT2D eigenvalue weighted by Crippen LogP contribution is -2.21. The fourth-order valence-electron chi connectivity index (χ4n) is 1.43. The molecule has 1 heterocycles. The Labute approximate surface area is 86.5 Å². The summed E-state index contributed by atoms with van der Waals surface area (Å²) in [5.41, 5.74) is 6.24. The van der Waals surface area contributed by atoms with Gasteiger partial charge in [-0.25, -0.2) is 4.39 Å². The molecule has 1 aromatic carbocycles. The van der Waals surface area contributed by atoms with Crippen LogP contribution in [0.1, 0.15) is 18.0 Å². The van der Waals surface area contributed by atoms with E-state index in [-0.39, 0.29) is 24.2 Å². The first kappa shape index (κ1) is 11.2. The van der Waals surface area contributed by atoms with Crippen LogP contribution in [0.15, 0.2) is 12.1 Å². The topological polar surface area (TPSA) is 35.2 Å². The van der Waals surface area contributed by atoms with Crippen LogP contribution in [0.5, 0.6) is 5.75 Å². The predicted octanol–water partition coefficient (Wildman–Crippen LogP) is 2.17. The molecule has 0 bridgehead atoms. The molecule has 0 amide bonds. The standard InChI is InChI=1S/C9H9F2NO.ClH/c10-6-2-1-5-7(12)3-4-13-9(5)8(6)11;/h1-2,7H,3-4,12H2;1H. The molecule has 1 unspecified atom stereocenters. The SMILES string of the molecule is Cl.NC1CCOc2c1ccc(F)c2F. The highest BCUT2D eigenvalue weighted by Gasteiger charge is 2.23. The molecule has 2 nitrogen and oxygen atoms in total. The lowest BCUT2D eigenvalue weighted by Gasteiger charge is -2.23. The molecule has 14 heavy (non-hydrogen) atoms. The van der Waals surface area contributed by atoms with Gasteiger partial charge in [0, 0.05) is 18.0 Å². The summed E-state index contributed by atoms with van der Waals surface area (Å²) in [6.07, 6.45) is 0.637. The number of rotatable bonds is 0. The van der Waals surface area contributed by atoms with Gasteiger partial charge in [-0.15, -0.1) is 12.4 Å². The second kappa shape index (κ2) is 4.11. The molecule has 0 aliphatic carbocycles. The van der Waals surface area contributed by atoms with Crippen molar-refractivity contribution in [3.63, 3.8) is 0 Å². The Morgan fingerprint density at radius 2 is 2.07 bits per heavy atom. The number of nitrogens with two attached hydrogens (primary N) is 1. The van der Waals surface area contributed by atoms with Gasteiger partial charge in [0.2, 0.25) is 5.82 Å². The van der Waals surface area contributed by atoms with Crippen LogP contribution in [0.4, 0.5) is 8.78 Å².